The van der Waals surface area contributed by atoms with Crippen LogP contribution in [0.25, 0.3) is 11.3 Å². The number of carboxylic acids is 1. The number of aromatic carboxylic acids is 1. The van der Waals surface area contributed by atoms with Crippen LogP contribution in [-0.4, -0.2) is 16.1 Å². The first kappa shape index (κ1) is 21.1. The highest BCUT2D eigenvalue weighted by Gasteiger charge is 2.16. The van der Waals surface area contributed by atoms with Gasteiger partial charge in [0.1, 0.15) is 24.7 Å². The fraction of sp³-hybridized carbons (Fsp3) is 0.111. The third kappa shape index (κ3) is 5.13. The molecule has 1 heterocycles. The van der Waals surface area contributed by atoms with Crippen molar-refractivity contribution in [2.24, 2.45) is 0 Å². The first-order valence-corrected chi connectivity index (χ1v) is 10.3. The van der Waals surface area contributed by atoms with Crippen molar-refractivity contribution in [2.45, 2.75) is 20.1 Å². The summed E-state index contributed by atoms with van der Waals surface area (Å²) in [6.45, 7) is 2.47. The number of benzene rings is 3. The second kappa shape index (κ2) is 9.79. The number of carbonyl (C=O) groups is 1. The predicted octanol–water partition coefficient (Wildman–Crippen LogP) is 5.91. The quantitative estimate of drug-likeness (QED) is 0.380. The maximum Gasteiger partial charge on any atom is 0.337 e. The molecule has 160 valence electrons. The molecule has 0 aliphatic heterocycles. The number of carboxylic acid groups (broad SMARTS) is 1. The molecule has 0 amide bonds. The molecule has 0 aliphatic rings. The SMILES string of the molecule is Cc1ccc(OCc2ccccc2)c(-c2ccc(C(=O)O)c(COc3ccccc3)n2)c1. The largest absolute Gasteiger partial charge is 0.488 e. The van der Waals surface area contributed by atoms with Crippen LogP contribution in [0.4, 0.5) is 0 Å². The van der Waals surface area contributed by atoms with Crippen molar-refractivity contribution in [3.63, 3.8) is 0 Å². The van der Waals surface area contributed by atoms with Crippen molar-refractivity contribution >= 4 is 5.97 Å². The molecule has 0 saturated carbocycles. The summed E-state index contributed by atoms with van der Waals surface area (Å²) in [4.78, 5) is 16.4. The first-order chi connectivity index (χ1) is 15.6. The molecule has 0 spiro atoms. The zero-order valence-electron chi connectivity index (χ0n) is 17.7. The van der Waals surface area contributed by atoms with Gasteiger partial charge in [-0.1, -0.05) is 60.2 Å². The van der Waals surface area contributed by atoms with Crippen molar-refractivity contribution < 1.29 is 19.4 Å². The van der Waals surface area contributed by atoms with Crippen molar-refractivity contribution in [2.75, 3.05) is 0 Å². The summed E-state index contributed by atoms with van der Waals surface area (Å²) in [5.74, 6) is 0.295. The average Bonchev–Trinajstić information content (AvgIpc) is 2.83. The van der Waals surface area contributed by atoms with Crippen LogP contribution in [0.5, 0.6) is 11.5 Å². The number of pyridine rings is 1. The van der Waals surface area contributed by atoms with E-state index >= 15 is 0 Å². The van der Waals surface area contributed by atoms with E-state index in [1.54, 1.807) is 12.1 Å². The Labute approximate surface area is 186 Å². The summed E-state index contributed by atoms with van der Waals surface area (Å²) < 4.78 is 11.9. The smallest absolute Gasteiger partial charge is 0.337 e. The van der Waals surface area contributed by atoms with Gasteiger partial charge in [-0.05, 0) is 48.9 Å². The Balaban J connectivity index is 1.65. The Morgan fingerprint density at radius 3 is 2.28 bits per heavy atom. The van der Waals surface area contributed by atoms with Crippen molar-refractivity contribution in [3.05, 3.63) is 113 Å². The minimum absolute atomic E-state index is 0.0471. The number of aryl methyl sites for hydroxylation is 1. The van der Waals surface area contributed by atoms with Crippen LogP contribution < -0.4 is 9.47 Å². The molecule has 0 saturated heterocycles. The van der Waals surface area contributed by atoms with E-state index in [-0.39, 0.29) is 12.2 Å². The summed E-state index contributed by atoms with van der Waals surface area (Å²) in [6.07, 6.45) is 0. The minimum Gasteiger partial charge on any atom is -0.488 e. The summed E-state index contributed by atoms with van der Waals surface area (Å²) in [5.41, 5.74) is 4.02. The van der Waals surface area contributed by atoms with Crippen LogP contribution in [0.15, 0.2) is 91.0 Å². The molecule has 4 rings (SSSR count). The van der Waals surface area contributed by atoms with Gasteiger partial charge in [0, 0.05) is 5.56 Å². The molecule has 0 unspecified atom stereocenters. The zero-order chi connectivity index (χ0) is 22.3. The molecule has 3 aromatic carbocycles. The number of nitrogens with zero attached hydrogens (tertiary/aromatic N) is 1. The van der Waals surface area contributed by atoms with Crippen LogP contribution in [0, 0.1) is 6.92 Å². The highest BCUT2D eigenvalue weighted by Crippen LogP contribution is 2.31. The second-order valence-electron chi connectivity index (χ2n) is 7.37. The van der Waals surface area contributed by atoms with E-state index in [0.29, 0.717) is 29.5 Å². The molecular formula is C27H23NO4. The van der Waals surface area contributed by atoms with Crippen LogP contribution >= 0.6 is 0 Å². The van der Waals surface area contributed by atoms with Crippen molar-refractivity contribution in [3.8, 4) is 22.8 Å². The molecule has 0 bridgehead atoms. The molecule has 5 heteroatoms. The normalized spacial score (nSPS) is 10.5. The van der Waals surface area contributed by atoms with Gasteiger partial charge in [0.15, 0.2) is 0 Å². The maximum absolute atomic E-state index is 11.7. The van der Waals surface area contributed by atoms with Crippen LogP contribution in [0.3, 0.4) is 0 Å². The van der Waals surface area contributed by atoms with Crippen LogP contribution in [0.1, 0.15) is 27.2 Å². The molecule has 32 heavy (non-hydrogen) atoms. The Kier molecular flexibility index (Phi) is 6.46. The molecule has 1 N–H and O–H groups in total. The van der Waals surface area contributed by atoms with E-state index in [2.05, 4.69) is 4.98 Å². The third-order valence-corrected chi connectivity index (χ3v) is 4.97. The lowest BCUT2D eigenvalue weighted by Gasteiger charge is -2.14. The second-order valence-corrected chi connectivity index (χ2v) is 7.37. The number of hydrogen-bond donors (Lipinski definition) is 1. The number of para-hydroxylation sites is 1. The van der Waals surface area contributed by atoms with Crippen LogP contribution in [0.2, 0.25) is 0 Å². The van der Waals surface area contributed by atoms with Gasteiger partial charge in [-0.2, -0.15) is 0 Å². The number of rotatable bonds is 8. The summed E-state index contributed by atoms with van der Waals surface area (Å²) in [7, 11) is 0. The Hall–Kier alpha value is -4.12. The number of aromatic nitrogens is 1. The first-order valence-electron chi connectivity index (χ1n) is 10.3. The van der Waals surface area contributed by atoms with E-state index in [1.807, 2.05) is 85.8 Å². The van der Waals surface area contributed by atoms with Crippen molar-refractivity contribution in [1.29, 1.82) is 0 Å². The fourth-order valence-electron chi connectivity index (χ4n) is 3.33. The average molecular weight is 425 g/mol. The molecule has 5 nitrogen and oxygen atoms in total. The molecule has 0 atom stereocenters. The van der Waals surface area contributed by atoms with Gasteiger partial charge >= 0.3 is 5.97 Å². The Morgan fingerprint density at radius 2 is 1.56 bits per heavy atom. The summed E-state index contributed by atoms with van der Waals surface area (Å²) in [5, 5.41) is 9.61. The third-order valence-electron chi connectivity index (χ3n) is 4.97. The van der Waals surface area contributed by atoms with Gasteiger partial charge in [0.05, 0.1) is 17.0 Å². The van der Waals surface area contributed by atoms with E-state index in [4.69, 9.17) is 9.47 Å². The predicted molar refractivity (Wildman–Crippen MR) is 123 cm³/mol. The lowest BCUT2D eigenvalue weighted by Crippen LogP contribution is -2.09. The molecule has 0 aliphatic carbocycles. The highest BCUT2D eigenvalue weighted by molar-refractivity contribution is 5.89. The molecular weight excluding hydrogens is 402 g/mol. The standard InChI is InChI=1S/C27H23NO4/c1-19-12-15-26(32-17-20-8-4-2-5-9-20)23(16-19)24-14-13-22(27(29)30)25(28-24)18-31-21-10-6-3-7-11-21/h2-16H,17-18H2,1H3,(H,29,30). The van der Waals surface area contributed by atoms with E-state index in [0.717, 1.165) is 16.7 Å². The monoisotopic (exact) mass is 425 g/mol. The number of hydrogen-bond acceptors (Lipinski definition) is 4. The van der Waals surface area contributed by atoms with Crippen LogP contribution in [-0.2, 0) is 13.2 Å². The van der Waals surface area contributed by atoms with Gasteiger partial charge in [0.2, 0.25) is 0 Å². The Morgan fingerprint density at radius 1 is 0.844 bits per heavy atom. The lowest BCUT2D eigenvalue weighted by molar-refractivity contribution is 0.0693. The number of ether oxygens (including phenoxy) is 2. The fourth-order valence-corrected chi connectivity index (χ4v) is 3.33. The topological polar surface area (TPSA) is 68.7 Å². The summed E-state index contributed by atoms with van der Waals surface area (Å²) in [6, 6.07) is 28.3. The minimum atomic E-state index is -1.04. The van der Waals surface area contributed by atoms with Gasteiger partial charge in [-0.25, -0.2) is 9.78 Å². The van der Waals surface area contributed by atoms with Gasteiger partial charge in [-0.3, -0.25) is 0 Å². The lowest BCUT2D eigenvalue weighted by atomic mass is 10.0. The molecule has 1 aromatic heterocycles. The van der Waals surface area contributed by atoms with Crippen molar-refractivity contribution in [1.82, 2.24) is 4.98 Å². The maximum atomic E-state index is 11.7. The van der Waals surface area contributed by atoms with Gasteiger partial charge in [0.25, 0.3) is 0 Å². The summed E-state index contributed by atoms with van der Waals surface area (Å²) >= 11 is 0. The molecule has 4 aromatic rings. The van der Waals surface area contributed by atoms with E-state index in [1.165, 1.54) is 0 Å². The van der Waals surface area contributed by atoms with E-state index in [9.17, 15) is 9.90 Å². The van der Waals surface area contributed by atoms with E-state index < -0.39 is 5.97 Å². The van der Waals surface area contributed by atoms with Gasteiger partial charge in [-0.15, -0.1) is 0 Å². The molecule has 0 fully saturated rings. The molecule has 0 radical (unpaired) electrons. The van der Waals surface area contributed by atoms with Gasteiger partial charge < -0.3 is 14.6 Å². The Bertz CT molecular complexity index is 1210. The zero-order valence-corrected chi connectivity index (χ0v) is 17.7. The highest BCUT2D eigenvalue weighted by atomic mass is 16.5.